The van der Waals surface area contributed by atoms with Gasteiger partial charge in [0.05, 0.1) is 48.3 Å². The third-order valence-corrected chi connectivity index (χ3v) is 8.94. The molecule has 44 heavy (non-hydrogen) atoms. The minimum absolute atomic E-state index is 0.118. The molecular weight excluding hydrogens is 603 g/mol. The fraction of sp³-hybridized carbons (Fsp3) is 0.375. The number of carbonyl (C=O) groups excluding carboxylic acids is 2. The first-order valence-corrected chi connectivity index (χ1v) is 16.3. The average Bonchev–Trinajstić information content (AvgIpc) is 3.33. The van der Waals surface area contributed by atoms with Crippen molar-refractivity contribution >= 4 is 41.1 Å². The highest BCUT2D eigenvalue weighted by molar-refractivity contribution is 7.98. The monoisotopic (exact) mass is 637 g/mol. The molecule has 0 aliphatic carbocycles. The molecule has 2 aliphatic rings. The molecule has 1 fully saturated rings. The molecule has 3 heterocycles. The molecule has 1 atom stereocenters. The summed E-state index contributed by atoms with van der Waals surface area (Å²) in [4.78, 5) is 47.8. The molecule has 1 amide bonds. The van der Waals surface area contributed by atoms with Gasteiger partial charge >= 0.3 is 5.97 Å². The molecule has 2 aliphatic heterocycles. The van der Waals surface area contributed by atoms with Gasteiger partial charge in [-0.25, -0.2) is 9.79 Å². The number of hydrogen-bond acceptors (Lipinski definition) is 10. The molecule has 0 saturated carbocycles. The number of morpholine rings is 1. The van der Waals surface area contributed by atoms with Gasteiger partial charge in [0.2, 0.25) is 0 Å². The van der Waals surface area contributed by atoms with Gasteiger partial charge in [0.15, 0.2) is 22.9 Å². The lowest BCUT2D eigenvalue weighted by atomic mass is 9.96. The second-order valence-corrected chi connectivity index (χ2v) is 12.4. The molecule has 5 rings (SSSR count). The van der Waals surface area contributed by atoms with Crippen LogP contribution >= 0.6 is 23.1 Å². The number of rotatable bonds is 9. The maximum atomic E-state index is 14.0. The van der Waals surface area contributed by atoms with Gasteiger partial charge in [0, 0.05) is 18.0 Å². The van der Waals surface area contributed by atoms with Gasteiger partial charge < -0.3 is 23.8 Å². The third kappa shape index (κ3) is 6.77. The predicted octanol–water partition coefficient (Wildman–Crippen LogP) is 3.15. The Morgan fingerprint density at radius 2 is 1.86 bits per heavy atom. The van der Waals surface area contributed by atoms with Crippen LogP contribution < -0.4 is 24.4 Å². The summed E-state index contributed by atoms with van der Waals surface area (Å²) in [6.07, 6.45) is 3.42. The van der Waals surface area contributed by atoms with Crippen molar-refractivity contribution in [1.82, 2.24) is 9.47 Å². The van der Waals surface area contributed by atoms with E-state index in [-0.39, 0.29) is 24.2 Å². The molecule has 0 N–H and O–H groups in total. The van der Waals surface area contributed by atoms with Crippen LogP contribution in [0.2, 0.25) is 0 Å². The van der Waals surface area contributed by atoms with Crippen LogP contribution in [0.15, 0.2) is 68.4 Å². The van der Waals surface area contributed by atoms with Crippen molar-refractivity contribution in [3.8, 4) is 11.5 Å². The lowest BCUT2D eigenvalue weighted by Crippen LogP contribution is -2.43. The summed E-state index contributed by atoms with van der Waals surface area (Å²) < 4.78 is 24.2. The highest BCUT2D eigenvalue weighted by atomic mass is 32.2. The van der Waals surface area contributed by atoms with E-state index in [9.17, 15) is 14.4 Å². The second-order valence-electron chi connectivity index (χ2n) is 10.5. The number of ether oxygens (including phenoxy) is 4. The topological polar surface area (TPSA) is 109 Å². The summed E-state index contributed by atoms with van der Waals surface area (Å²) in [5, 5.41) is 0. The maximum absolute atomic E-state index is 14.0. The molecule has 1 saturated heterocycles. The van der Waals surface area contributed by atoms with Gasteiger partial charge in [0.25, 0.3) is 11.5 Å². The lowest BCUT2D eigenvalue weighted by molar-refractivity contribution is -0.143. The Morgan fingerprint density at radius 3 is 2.52 bits per heavy atom. The van der Waals surface area contributed by atoms with Crippen molar-refractivity contribution in [1.29, 1.82) is 0 Å². The van der Waals surface area contributed by atoms with E-state index in [1.807, 2.05) is 30.5 Å². The first kappa shape index (κ1) is 31.6. The number of nitrogens with zero attached hydrogens (tertiary/aromatic N) is 3. The zero-order valence-corrected chi connectivity index (χ0v) is 27.0. The van der Waals surface area contributed by atoms with Crippen LogP contribution in [-0.4, -0.2) is 73.7 Å². The first-order chi connectivity index (χ1) is 21.2. The Morgan fingerprint density at radius 1 is 1.14 bits per heavy atom. The van der Waals surface area contributed by atoms with E-state index >= 15 is 0 Å². The molecular formula is C32H35N3O7S2. The Labute approximate surface area is 263 Å². The van der Waals surface area contributed by atoms with Crippen molar-refractivity contribution < 1.29 is 28.5 Å². The quantitative estimate of drug-likeness (QED) is 0.260. The minimum Gasteiger partial charge on any atom is -0.493 e. The summed E-state index contributed by atoms with van der Waals surface area (Å²) in [7, 11) is 1.52. The van der Waals surface area contributed by atoms with Gasteiger partial charge in [-0.15, -0.1) is 11.8 Å². The first-order valence-electron chi connectivity index (χ1n) is 14.2. The smallest absolute Gasteiger partial charge is 0.338 e. The van der Waals surface area contributed by atoms with E-state index in [1.54, 1.807) is 66.3 Å². The number of methoxy groups -OCH3 is 1. The molecule has 0 spiro atoms. The van der Waals surface area contributed by atoms with Gasteiger partial charge in [0.1, 0.15) is 0 Å². The van der Waals surface area contributed by atoms with Gasteiger partial charge in [-0.3, -0.25) is 14.2 Å². The van der Waals surface area contributed by atoms with E-state index in [1.165, 1.54) is 18.4 Å². The van der Waals surface area contributed by atoms with E-state index < -0.39 is 12.0 Å². The number of allylic oxidation sites excluding steroid dienone is 1. The van der Waals surface area contributed by atoms with Crippen molar-refractivity contribution in [3.63, 3.8) is 0 Å². The van der Waals surface area contributed by atoms with Crippen molar-refractivity contribution in [3.05, 3.63) is 84.5 Å². The summed E-state index contributed by atoms with van der Waals surface area (Å²) in [5.74, 6) is 0.236. The molecule has 12 heteroatoms. The Kier molecular flexibility index (Phi) is 9.92. The van der Waals surface area contributed by atoms with Crippen molar-refractivity contribution in [2.75, 3.05) is 46.3 Å². The molecule has 232 valence electrons. The number of hydrogen-bond donors (Lipinski definition) is 0. The van der Waals surface area contributed by atoms with Crippen LogP contribution in [0.3, 0.4) is 0 Å². The van der Waals surface area contributed by atoms with Crippen LogP contribution in [-0.2, 0) is 19.1 Å². The highest BCUT2D eigenvalue weighted by Gasteiger charge is 2.33. The van der Waals surface area contributed by atoms with Crippen LogP contribution in [0.4, 0.5) is 0 Å². The summed E-state index contributed by atoms with van der Waals surface area (Å²) >= 11 is 2.86. The number of esters is 1. The van der Waals surface area contributed by atoms with Gasteiger partial charge in [-0.2, -0.15) is 0 Å². The normalized spacial score (nSPS) is 16.9. The van der Waals surface area contributed by atoms with Crippen LogP contribution in [0.5, 0.6) is 11.5 Å². The van der Waals surface area contributed by atoms with E-state index in [4.69, 9.17) is 18.9 Å². The number of thioether (sulfide) groups is 1. The molecule has 0 radical (unpaired) electrons. The second kappa shape index (κ2) is 13.8. The number of amides is 1. The number of aromatic nitrogens is 1. The Bertz CT molecular complexity index is 1750. The highest BCUT2D eigenvalue weighted by Crippen LogP contribution is 2.32. The van der Waals surface area contributed by atoms with Crippen LogP contribution in [0.1, 0.15) is 37.9 Å². The summed E-state index contributed by atoms with van der Waals surface area (Å²) in [6.45, 7) is 7.35. The molecule has 0 bridgehead atoms. The van der Waals surface area contributed by atoms with E-state index in [0.717, 1.165) is 10.5 Å². The Balaban J connectivity index is 1.49. The number of fused-ring (bicyclic) bond motifs is 1. The minimum atomic E-state index is -0.690. The molecule has 10 nitrogen and oxygen atoms in total. The summed E-state index contributed by atoms with van der Waals surface area (Å²) in [5.41, 5.74) is 2.07. The van der Waals surface area contributed by atoms with Gasteiger partial charge in [-0.05, 0) is 68.5 Å². The predicted molar refractivity (Wildman–Crippen MR) is 169 cm³/mol. The summed E-state index contributed by atoms with van der Waals surface area (Å²) in [6, 6.07) is 12.4. The van der Waals surface area contributed by atoms with Crippen molar-refractivity contribution in [2.24, 2.45) is 4.99 Å². The molecule has 2 aromatic carbocycles. The lowest BCUT2D eigenvalue weighted by Gasteiger charge is -2.26. The molecule has 1 aromatic heterocycles. The zero-order valence-electron chi connectivity index (χ0n) is 25.3. The fourth-order valence-corrected chi connectivity index (χ4v) is 6.50. The Hall–Kier alpha value is -3.87. The molecule has 3 aromatic rings. The van der Waals surface area contributed by atoms with E-state index in [2.05, 4.69) is 4.99 Å². The number of benzene rings is 2. The van der Waals surface area contributed by atoms with Crippen LogP contribution in [0.25, 0.3) is 6.08 Å². The third-order valence-electron chi connectivity index (χ3n) is 7.22. The number of thiazole rings is 1. The number of carbonyl (C=O) groups is 2. The fourth-order valence-electron chi connectivity index (χ4n) is 5.05. The largest absolute Gasteiger partial charge is 0.493 e. The van der Waals surface area contributed by atoms with Gasteiger partial charge in [-0.1, -0.05) is 29.5 Å². The zero-order chi connectivity index (χ0) is 31.4. The molecule has 0 unspecified atom stereocenters. The van der Waals surface area contributed by atoms with Crippen LogP contribution in [0, 0.1) is 0 Å². The van der Waals surface area contributed by atoms with Crippen molar-refractivity contribution in [2.45, 2.75) is 37.8 Å². The SMILES string of the molecule is COc1cc(/C=c2\sc3n(c2=O)[C@@H](c2ccc(SC)cc2)C(C(=O)OC(C)C)=C(C)N=3)ccc1OCC(=O)N1CCOCC1. The average molecular weight is 638 g/mol. The standard InChI is InChI=1S/C32H35N3O7S2/c1-19(2)42-31(38)28-20(3)33-32-35(29(28)22-7-9-23(43-5)10-8-22)30(37)26(44-32)17-21-6-11-24(25(16-21)39-4)41-18-27(36)34-12-14-40-15-13-34/h6-11,16-17,19,29H,12-15,18H2,1-5H3/b26-17-/t29-/m0/s1. The van der Waals surface area contributed by atoms with E-state index in [0.29, 0.717) is 64.0 Å². The maximum Gasteiger partial charge on any atom is 0.338 e.